The van der Waals surface area contributed by atoms with E-state index in [-0.39, 0.29) is 5.82 Å². The Labute approximate surface area is 158 Å². The van der Waals surface area contributed by atoms with Gasteiger partial charge in [-0.25, -0.2) is 4.39 Å². The molecule has 3 heteroatoms. The second kappa shape index (κ2) is 7.20. The molecule has 0 spiro atoms. The second-order valence-electron chi connectivity index (χ2n) is 6.82. The molecule has 2 heterocycles. The van der Waals surface area contributed by atoms with Gasteiger partial charge in [0.2, 0.25) is 0 Å². The van der Waals surface area contributed by atoms with Crippen molar-refractivity contribution >= 4 is 11.0 Å². The third-order valence-corrected chi connectivity index (χ3v) is 4.67. The summed E-state index contributed by atoms with van der Waals surface area (Å²) in [5.41, 5.74) is 6.03. The molecule has 134 valence electrons. The van der Waals surface area contributed by atoms with Gasteiger partial charge in [0, 0.05) is 35.3 Å². The minimum absolute atomic E-state index is 0.242. The number of rotatable bonds is 5. The zero-order valence-electron chi connectivity index (χ0n) is 15.2. The molecule has 0 aliphatic heterocycles. The number of aromatic nitrogens is 1. The number of benzene rings is 2. The van der Waals surface area contributed by atoms with Crippen LogP contribution >= 0.6 is 0 Å². The lowest BCUT2D eigenvalue weighted by Crippen LogP contribution is -1.88. The van der Waals surface area contributed by atoms with Crippen LogP contribution in [0.15, 0.2) is 83.6 Å². The topological polar surface area (TPSA) is 26.0 Å². The Bertz CT molecular complexity index is 1090. The number of furan rings is 1. The van der Waals surface area contributed by atoms with Crippen molar-refractivity contribution in [3.05, 3.63) is 90.7 Å². The molecule has 2 nitrogen and oxygen atoms in total. The van der Waals surface area contributed by atoms with Crippen molar-refractivity contribution in [2.75, 3.05) is 0 Å². The smallest absolute Gasteiger partial charge is 0.135 e. The van der Waals surface area contributed by atoms with E-state index in [0.717, 1.165) is 57.4 Å². The van der Waals surface area contributed by atoms with Crippen molar-refractivity contribution in [3.8, 4) is 22.3 Å². The maximum absolute atomic E-state index is 13.4. The molecular formula is C24H20FNO. The summed E-state index contributed by atoms with van der Waals surface area (Å²) in [6.07, 6.45) is 5.21. The highest BCUT2D eigenvalue weighted by molar-refractivity contribution is 5.97. The first-order valence-electron chi connectivity index (χ1n) is 8.98. The number of pyridine rings is 1. The van der Waals surface area contributed by atoms with Gasteiger partial charge in [-0.2, -0.15) is 0 Å². The normalized spacial score (nSPS) is 11.0. The average molecular weight is 357 g/mol. The monoisotopic (exact) mass is 357 g/mol. The Morgan fingerprint density at radius 1 is 1.04 bits per heavy atom. The fourth-order valence-corrected chi connectivity index (χ4v) is 3.30. The highest BCUT2D eigenvalue weighted by Gasteiger charge is 2.17. The summed E-state index contributed by atoms with van der Waals surface area (Å²) in [5, 5.41) is 1.03. The molecule has 0 saturated heterocycles. The fraction of sp³-hybridized carbons (Fsp3) is 0.125. The summed E-state index contributed by atoms with van der Waals surface area (Å²) in [4.78, 5) is 4.19. The standard InChI is InChI=1S/C24H20FNO/c1-16(2)5-12-22-24(17-6-9-20(25)10-7-17)21-11-8-18(14-23(21)27-22)19-4-3-13-26-15-19/h3-4,6-11,13-15H,1,5,12H2,2H3. The van der Waals surface area contributed by atoms with Crippen LogP contribution in [-0.4, -0.2) is 4.98 Å². The van der Waals surface area contributed by atoms with E-state index >= 15 is 0 Å². The highest BCUT2D eigenvalue weighted by atomic mass is 19.1. The average Bonchev–Trinajstić information content (AvgIpc) is 3.05. The van der Waals surface area contributed by atoms with E-state index < -0.39 is 0 Å². The van der Waals surface area contributed by atoms with Crippen molar-refractivity contribution in [2.24, 2.45) is 0 Å². The van der Waals surface area contributed by atoms with E-state index in [0.29, 0.717) is 0 Å². The molecule has 2 aromatic heterocycles. The fourth-order valence-electron chi connectivity index (χ4n) is 3.30. The lowest BCUT2D eigenvalue weighted by Gasteiger charge is -2.04. The highest BCUT2D eigenvalue weighted by Crippen LogP contribution is 2.37. The number of hydrogen-bond acceptors (Lipinski definition) is 2. The van der Waals surface area contributed by atoms with Crippen molar-refractivity contribution < 1.29 is 8.81 Å². The van der Waals surface area contributed by atoms with Gasteiger partial charge in [-0.15, -0.1) is 6.58 Å². The Balaban J connectivity index is 1.86. The van der Waals surface area contributed by atoms with Gasteiger partial charge in [0.25, 0.3) is 0 Å². The molecule has 0 aliphatic carbocycles. The SMILES string of the molecule is C=C(C)CCc1oc2cc(-c3cccnc3)ccc2c1-c1ccc(F)cc1. The Morgan fingerprint density at radius 3 is 2.52 bits per heavy atom. The third-order valence-electron chi connectivity index (χ3n) is 4.67. The Morgan fingerprint density at radius 2 is 1.81 bits per heavy atom. The minimum atomic E-state index is -0.242. The van der Waals surface area contributed by atoms with Gasteiger partial charge < -0.3 is 4.42 Å². The predicted octanol–water partition coefficient (Wildman–Crippen LogP) is 6.81. The first-order valence-corrected chi connectivity index (χ1v) is 8.98. The van der Waals surface area contributed by atoms with Gasteiger partial charge in [0.1, 0.15) is 17.2 Å². The van der Waals surface area contributed by atoms with E-state index in [4.69, 9.17) is 4.42 Å². The third kappa shape index (κ3) is 3.54. The molecule has 0 fully saturated rings. The summed E-state index contributed by atoms with van der Waals surface area (Å²) >= 11 is 0. The molecule has 0 radical (unpaired) electrons. The van der Waals surface area contributed by atoms with Crippen LogP contribution in [0.5, 0.6) is 0 Å². The molecule has 4 aromatic rings. The second-order valence-corrected chi connectivity index (χ2v) is 6.82. The van der Waals surface area contributed by atoms with Crippen LogP contribution in [0.3, 0.4) is 0 Å². The van der Waals surface area contributed by atoms with E-state index in [1.54, 1.807) is 18.3 Å². The number of halogens is 1. The van der Waals surface area contributed by atoms with Crippen LogP contribution in [0, 0.1) is 5.82 Å². The molecular weight excluding hydrogens is 337 g/mol. The zero-order chi connectivity index (χ0) is 18.8. The summed E-state index contributed by atoms with van der Waals surface area (Å²) in [6, 6.07) is 16.7. The van der Waals surface area contributed by atoms with Gasteiger partial charge in [0.15, 0.2) is 0 Å². The summed E-state index contributed by atoms with van der Waals surface area (Å²) < 4.78 is 19.6. The number of aryl methyl sites for hydroxylation is 1. The van der Waals surface area contributed by atoms with Crippen LogP contribution in [0.2, 0.25) is 0 Å². The van der Waals surface area contributed by atoms with Crippen LogP contribution in [0.25, 0.3) is 33.2 Å². The van der Waals surface area contributed by atoms with Crippen molar-refractivity contribution in [3.63, 3.8) is 0 Å². The van der Waals surface area contributed by atoms with Crippen LogP contribution < -0.4 is 0 Å². The first kappa shape index (κ1) is 17.2. The molecule has 0 bridgehead atoms. The summed E-state index contributed by atoms with van der Waals surface area (Å²) in [6.45, 7) is 6.01. The van der Waals surface area contributed by atoms with Crippen molar-refractivity contribution in [2.45, 2.75) is 19.8 Å². The Hall–Kier alpha value is -3.20. The number of allylic oxidation sites excluding steroid dienone is 1. The zero-order valence-corrected chi connectivity index (χ0v) is 15.2. The van der Waals surface area contributed by atoms with Gasteiger partial charge in [-0.05, 0) is 54.8 Å². The van der Waals surface area contributed by atoms with Crippen LogP contribution in [0.4, 0.5) is 4.39 Å². The predicted molar refractivity (Wildman–Crippen MR) is 108 cm³/mol. The molecule has 4 rings (SSSR count). The quantitative estimate of drug-likeness (QED) is 0.367. The minimum Gasteiger partial charge on any atom is -0.460 e. The maximum Gasteiger partial charge on any atom is 0.135 e. The molecule has 2 aromatic carbocycles. The number of hydrogen-bond donors (Lipinski definition) is 0. The van der Waals surface area contributed by atoms with Gasteiger partial charge in [-0.3, -0.25) is 4.98 Å². The van der Waals surface area contributed by atoms with Gasteiger partial charge in [0.05, 0.1) is 0 Å². The van der Waals surface area contributed by atoms with Crippen molar-refractivity contribution in [1.29, 1.82) is 0 Å². The van der Waals surface area contributed by atoms with E-state index in [1.165, 1.54) is 12.1 Å². The van der Waals surface area contributed by atoms with Crippen molar-refractivity contribution in [1.82, 2.24) is 4.98 Å². The lowest BCUT2D eigenvalue weighted by atomic mass is 9.98. The molecule has 0 N–H and O–H groups in total. The molecule has 0 amide bonds. The largest absolute Gasteiger partial charge is 0.460 e. The number of nitrogens with zero attached hydrogens (tertiary/aromatic N) is 1. The molecule has 0 atom stereocenters. The van der Waals surface area contributed by atoms with E-state index in [2.05, 4.69) is 23.7 Å². The van der Waals surface area contributed by atoms with Crippen LogP contribution in [-0.2, 0) is 6.42 Å². The molecule has 0 unspecified atom stereocenters. The number of fused-ring (bicyclic) bond motifs is 1. The van der Waals surface area contributed by atoms with Crippen LogP contribution in [0.1, 0.15) is 19.1 Å². The van der Waals surface area contributed by atoms with Gasteiger partial charge in [-0.1, -0.05) is 29.8 Å². The van der Waals surface area contributed by atoms with E-state index in [9.17, 15) is 4.39 Å². The summed E-state index contributed by atoms with van der Waals surface area (Å²) in [7, 11) is 0. The maximum atomic E-state index is 13.4. The lowest BCUT2D eigenvalue weighted by molar-refractivity contribution is 0.549. The molecule has 27 heavy (non-hydrogen) atoms. The Kier molecular flexibility index (Phi) is 4.59. The summed E-state index contributed by atoms with van der Waals surface area (Å²) in [5.74, 6) is 0.664. The first-order chi connectivity index (χ1) is 13.1. The van der Waals surface area contributed by atoms with Gasteiger partial charge >= 0.3 is 0 Å². The van der Waals surface area contributed by atoms with E-state index in [1.807, 2.05) is 31.3 Å². The molecule has 0 aliphatic rings. The molecule has 0 saturated carbocycles.